The van der Waals surface area contributed by atoms with Crippen LogP contribution >= 0.6 is 0 Å². The summed E-state index contributed by atoms with van der Waals surface area (Å²) in [5.41, 5.74) is 2.52. The predicted molar refractivity (Wildman–Crippen MR) is 67.0 cm³/mol. The molecule has 0 radical (unpaired) electrons. The SMILES string of the molecule is CC#CCCn1ncc(CNC(C)C)c1C. The van der Waals surface area contributed by atoms with E-state index < -0.39 is 0 Å². The second-order valence-electron chi connectivity index (χ2n) is 4.19. The summed E-state index contributed by atoms with van der Waals surface area (Å²) in [7, 11) is 0. The molecule has 3 nitrogen and oxygen atoms in total. The van der Waals surface area contributed by atoms with Crippen LogP contribution in [0.25, 0.3) is 0 Å². The second-order valence-corrected chi connectivity index (χ2v) is 4.19. The number of aromatic nitrogens is 2. The highest BCUT2D eigenvalue weighted by Crippen LogP contribution is 2.07. The van der Waals surface area contributed by atoms with Gasteiger partial charge in [-0.2, -0.15) is 5.10 Å². The molecule has 0 atom stereocenters. The van der Waals surface area contributed by atoms with Gasteiger partial charge in [-0.05, 0) is 13.8 Å². The Morgan fingerprint density at radius 1 is 1.50 bits per heavy atom. The van der Waals surface area contributed by atoms with Crippen molar-refractivity contribution in [1.29, 1.82) is 0 Å². The highest BCUT2D eigenvalue weighted by molar-refractivity contribution is 5.16. The molecule has 0 bridgehead atoms. The summed E-state index contributed by atoms with van der Waals surface area (Å²) in [5, 5.41) is 7.78. The van der Waals surface area contributed by atoms with Gasteiger partial charge < -0.3 is 5.32 Å². The van der Waals surface area contributed by atoms with E-state index in [1.165, 1.54) is 11.3 Å². The lowest BCUT2D eigenvalue weighted by Crippen LogP contribution is -2.22. The number of nitrogens with one attached hydrogen (secondary N) is 1. The Hall–Kier alpha value is -1.27. The maximum Gasteiger partial charge on any atom is 0.0537 e. The third-order valence-electron chi connectivity index (χ3n) is 2.53. The Balaban J connectivity index is 2.56. The zero-order chi connectivity index (χ0) is 12.0. The molecule has 1 aromatic rings. The number of hydrogen-bond donors (Lipinski definition) is 1. The molecular weight excluding hydrogens is 198 g/mol. The highest BCUT2D eigenvalue weighted by Gasteiger charge is 2.05. The van der Waals surface area contributed by atoms with Gasteiger partial charge in [-0.25, -0.2) is 0 Å². The fourth-order valence-electron chi connectivity index (χ4n) is 1.49. The zero-order valence-corrected chi connectivity index (χ0v) is 10.7. The quantitative estimate of drug-likeness (QED) is 0.769. The summed E-state index contributed by atoms with van der Waals surface area (Å²) in [6.45, 7) is 10.1. The molecule has 0 aliphatic rings. The normalized spacial score (nSPS) is 10.3. The van der Waals surface area contributed by atoms with Gasteiger partial charge in [0.25, 0.3) is 0 Å². The minimum absolute atomic E-state index is 0.508. The molecule has 1 heterocycles. The van der Waals surface area contributed by atoms with Crippen molar-refractivity contribution in [2.45, 2.75) is 53.2 Å². The Morgan fingerprint density at radius 2 is 2.25 bits per heavy atom. The van der Waals surface area contributed by atoms with Gasteiger partial charge in [-0.3, -0.25) is 4.68 Å². The van der Waals surface area contributed by atoms with Gasteiger partial charge in [-0.15, -0.1) is 11.8 Å². The van der Waals surface area contributed by atoms with E-state index in [0.717, 1.165) is 19.5 Å². The Bertz CT molecular complexity index is 380. The van der Waals surface area contributed by atoms with E-state index in [4.69, 9.17) is 0 Å². The molecule has 1 aromatic heterocycles. The van der Waals surface area contributed by atoms with Crippen LogP contribution < -0.4 is 5.32 Å². The third-order valence-corrected chi connectivity index (χ3v) is 2.53. The molecule has 0 saturated heterocycles. The number of hydrogen-bond acceptors (Lipinski definition) is 2. The first-order valence-corrected chi connectivity index (χ1v) is 5.79. The van der Waals surface area contributed by atoms with Gasteiger partial charge in [0, 0.05) is 30.3 Å². The van der Waals surface area contributed by atoms with Gasteiger partial charge in [0.05, 0.1) is 12.7 Å². The fourth-order valence-corrected chi connectivity index (χ4v) is 1.49. The van der Waals surface area contributed by atoms with E-state index >= 15 is 0 Å². The number of nitrogens with zero attached hydrogens (tertiary/aromatic N) is 2. The Labute approximate surface area is 98.2 Å². The van der Waals surface area contributed by atoms with Crippen molar-refractivity contribution in [2.75, 3.05) is 0 Å². The van der Waals surface area contributed by atoms with Gasteiger partial charge >= 0.3 is 0 Å². The van der Waals surface area contributed by atoms with E-state index in [1.54, 1.807) is 0 Å². The molecule has 3 heteroatoms. The second kappa shape index (κ2) is 6.34. The minimum atomic E-state index is 0.508. The van der Waals surface area contributed by atoms with E-state index in [2.05, 4.69) is 43.0 Å². The smallest absolute Gasteiger partial charge is 0.0537 e. The molecule has 0 aliphatic heterocycles. The van der Waals surface area contributed by atoms with Crippen LogP contribution in [-0.2, 0) is 13.1 Å². The molecule has 0 saturated carbocycles. The van der Waals surface area contributed by atoms with Crippen molar-refractivity contribution < 1.29 is 0 Å². The van der Waals surface area contributed by atoms with Crippen LogP contribution in [0, 0.1) is 18.8 Å². The summed E-state index contributed by atoms with van der Waals surface area (Å²) in [6, 6.07) is 0.508. The average Bonchev–Trinajstić information content (AvgIpc) is 2.58. The van der Waals surface area contributed by atoms with Crippen molar-refractivity contribution in [3.63, 3.8) is 0 Å². The summed E-state index contributed by atoms with van der Waals surface area (Å²) in [5.74, 6) is 5.96. The largest absolute Gasteiger partial charge is 0.310 e. The van der Waals surface area contributed by atoms with Crippen LogP contribution in [0.5, 0.6) is 0 Å². The zero-order valence-electron chi connectivity index (χ0n) is 10.7. The van der Waals surface area contributed by atoms with Gasteiger partial charge in [0.15, 0.2) is 0 Å². The molecular formula is C13H21N3. The molecule has 0 unspecified atom stereocenters. The first-order valence-electron chi connectivity index (χ1n) is 5.79. The lowest BCUT2D eigenvalue weighted by molar-refractivity contribution is 0.581. The van der Waals surface area contributed by atoms with E-state index in [1.807, 2.05) is 17.8 Å². The lowest BCUT2D eigenvalue weighted by Gasteiger charge is -2.07. The summed E-state index contributed by atoms with van der Waals surface area (Å²) in [4.78, 5) is 0. The van der Waals surface area contributed by atoms with Gasteiger partial charge in [-0.1, -0.05) is 13.8 Å². The standard InChI is InChI=1S/C13H21N3/c1-5-6-7-8-16-12(4)13(10-15-16)9-14-11(2)3/h10-11,14H,7-9H2,1-4H3. The van der Waals surface area contributed by atoms with E-state index in [0.29, 0.717) is 6.04 Å². The summed E-state index contributed by atoms with van der Waals surface area (Å²) < 4.78 is 2.03. The van der Waals surface area contributed by atoms with Gasteiger partial charge in [0.2, 0.25) is 0 Å². The van der Waals surface area contributed by atoms with E-state index in [-0.39, 0.29) is 0 Å². The number of rotatable bonds is 5. The molecule has 16 heavy (non-hydrogen) atoms. The molecule has 0 spiro atoms. The topological polar surface area (TPSA) is 29.9 Å². The third kappa shape index (κ3) is 3.71. The van der Waals surface area contributed by atoms with Crippen molar-refractivity contribution >= 4 is 0 Å². The van der Waals surface area contributed by atoms with Crippen LogP contribution in [0.4, 0.5) is 0 Å². The predicted octanol–water partition coefficient (Wildman–Crippen LogP) is 2.10. The fraction of sp³-hybridized carbons (Fsp3) is 0.615. The van der Waals surface area contributed by atoms with Crippen molar-refractivity contribution in [1.82, 2.24) is 15.1 Å². The average molecular weight is 219 g/mol. The van der Waals surface area contributed by atoms with Gasteiger partial charge in [0.1, 0.15) is 0 Å². The lowest BCUT2D eigenvalue weighted by atomic mass is 10.2. The Morgan fingerprint density at radius 3 is 2.88 bits per heavy atom. The summed E-state index contributed by atoms with van der Waals surface area (Å²) in [6.07, 6.45) is 2.82. The maximum absolute atomic E-state index is 4.37. The Kier molecular flexibility index (Phi) is 5.07. The molecule has 1 rings (SSSR count). The van der Waals surface area contributed by atoms with Crippen LogP contribution in [0.3, 0.4) is 0 Å². The molecule has 0 fully saturated rings. The monoisotopic (exact) mass is 219 g/mol. The number of aryl methyl sites for hydroxylation is 1. The van der Waals surface area contributed by atoms with Crippen molar-refractivity contribution in [3.05, 3.63) is 17.5 Å². The van der Waals surface area contributed by atoms with Crippen LogP contribution in [0.15, 0.2) is 6.20 Å². The first kappa shape index (κ1) is 12.8. The van der Waals surface area contributed by atoms with Crippen LogP contribution in [-0.4, -0.2) is 15.8 Å². The van der Waals surface area contributed by atoms with Crippen LogP contribution in [0.1, 0.15) is 38.4 Å². The molecule has 88 valence electrons. The molecule has 0 aliphatic carbocycles. The van der Waals surface area contributed by atoms with Crippen LogP contribution in [0.2, 0.25) is 0 Å². The first-order chi connectivity index (χ1) is 7.65. The highest BCUT2D eigenvalue weighted by atomic mass is 15.3. The van der Waals surface area contributed by atoms with E-state index in [9.17, 15) is 0 Å². The molecule has 1 N–H and O–H groups in total. The maximum atomic E-state index is 4.37. The minimum Gasteiger partial charge on any atom is -0.310 e. The van der Waals surface area contributed by atoms with Crippen molar-refractivity contribution in [2.24, 2.45) is 0 Å². The summed E-state index contributed by atoms with van der Waals surface area (Å²) >= 11 is 0. The molecule has 0 aromatic carbocycles. The molecule has 0 amide bonds. The van der Waals surface area contributed by atoms with Crippen molar-refractivity contribution in [3.8, 4) is 11.8 Å².